The minimum absolute atomic E-state index is 0.0118. The lowest BCUT2D eigenvalue weighted by atomic mass is 10.1. The highest BCUT2D eigenvalue weighted by Gasteiger charge is 2.14. The molecule has 0 aliphatic heterocycles. The molecule has 2 N–H and O–H groups in total. The van der Waals surface area contributed by atoms with E-state index in [-0.39, 0.29) is 5.02 Å². The number of halogens is 3. The van der Waals surface area contributed by atoms with Crippen molar-refractivity contribution in [2.75, 3.05) is 6.54 Å². The minimum Gasteiger partial charge on any atom is -0.312 e. The topological polar surface area (TPSA) is 40.7 Å². The monoisotopic (exact) mass is 315 g/mol. The van der Waals surface area contributed by atoms with Crippen molar-refractivity contribution >= 4 is 23.2 Å². The predicted molar refractivity (Wildman–Crippen MR) is 80.5 cm³/mol. The Morgan fingerprint density at radius 3 is 2.75 bits per heavy atom. The van der Waals surface area contributed by atoms with Gasteiger partial charge in [-0.25, -0.2) is 4.39 Å². The Labute approximate surface area is 127 Å². The predicted octanol–water partition coefficient (Wildman–Crippen LogP) is 4.27. The van der Waals surface area contributed by atoms with Crippen LogP contribution < -0.4 is 5.32 Å². The summed E-state index contributed by atoms with van der Waals surface area (Å²) >= 11 is 11.8. The van der Waals surface area contributed by atoms with Gasteiger partial charge in [-0.15, -0.1) is 0 Å². The van der Waals surface area contributed by atoms with Crippen molar-refractivity contribution in [3.63, 3.8) is 0 Å². The maximum atomic E-state index is 13.6. The summed E-state index contributed by atoms with van der Waals surface area (Å²) in [7, 11) is 0. The Hall–Kier alpha value is -1.10. The molecule has 6 heteroatoms. The van der Waals surface area contributed by atoms with Crippen molar-refractivity contribution in [2.45, 2.75) is 20.4 Å². The van der Waals surface area contributed by atoms with E-state index in [4.69, 9.17) is 23.2 Å². The normalized spacial score (nSPS) is 11.3. The zero-order chi connectivity index (χ0) is 14.7. The molecular formula is C14H16Cl2FN3. The Bertz CT molecular complexity index is 596. The molecule has 0 aliphatic carbocycles. The molecule has 0 radical (unpaired) electrons. The molecule has 108 valence electrons. The van der Waals surface area contributed by atoms with E-state index in [0.29, 0.717) is 28.7 Å². The number of nitrogens with one attached hydrogen (secondary N) is 2. The third-order valence-electron chi connectivity index (χ3n) is 2.87. The molecule has 0 saturated heterocycles. The van der Waals surface area contributed by atoms with E-state index in [0.717, 1.165) is 12.1 Å². The van der Waals surface area contributed by atoms with Gasteiger partial charge in [0, 0.05) is 17.7 Å². The Morgan fingerprint density at radius 2 is 2.05 bits per heavy atom. The van der Waals surface area contributed by atoms with Crippen LogP contribution in [0.25, 0.3) is 11.3 Å². The van der Waals surface area contributed by atoms with Gasteiger partial charge in [0.15, 0.2) is 0 Å². The third kappa shape index (κ3) is 3.51. The highest BCUT2D eigenvalue weighted by Crippen LogP contribution is 2.32. The van der Waals surface area contributed by atoms with Crippen molar-refractivity contribution < 1.29 is 4.39 Å². The molecular weight excluding hydrogens is 300 g/mol. The molecule has 1 heterocycles. The van der Waals surface area contributed by atoms with Crippen LogP contribution in [0.15, 0.2) is 18.3 Å². The second-order valence-electron chi connectivity index (χ2n) is 5.04. The zero-order valence-electron chi connectivity index (χ0n) is 11.3. The van der Waals surface area contributed by atoms with Crippen LogP contribution in [0.3, 0.4) is 0 Å². The summed E-state index contributed by atoms with van der Waals surface area (Å²) in [6.07, 6.45) is 1.71. The lowest BCUT2D eigenvalue weighted by Gasteiger charge is -2.09. The van der Waals surface area contributed by atoms with Gasteiger partial charge in [-0.3, -0.25) is 5.10 Å². The first-order valence-electron chi connectivity index (χ1n) is 6.37. The van der Waals surface area contributed by atoms with Gasteiger partial charge < -0.3 is 5.32 Å². The van der Waals surface area contributed by atoms with Crippen LogP contribution in [0, 0.1) is 11.7 Å². The van der Waals surface area contributed by atoms with E-state index >= 15 is 0 Å². The van der Waals surface area contributed by atoms with Gasteiger partial charge in [0.2, 0.25) is 0 Å². The largest absolute Gasteiger partial charge is 0.312 e. The number of hydrogen-bond acceptors (Lipinski definition) is 2. The number of nitrogens with zero attached hydrogens (tertiary/aromatic N) is 1. The summed E-state index contributed by atoms with van der Waals surface area (Å²) < 4.78 is 13.6. The van der Waals surface area contributed by atoms with Crippen LogP contribution in [0.4, 0.5) is 4.39 Å². The molecule has 3 nitrogen and oxygen atoms in total. The summed E-state index contributed by atoms with van der Waals surface area (Å²) in [5.74, 6) is 0.0590. The van der Waals surface area contributed by atoms with Crippen molar-refractivity contribution in [3.8, 4) is 11.3 Å². The Kier molecular flexibility index (Phi) is 5.02. The fourth-order valence-corrected chi connectivity index (χ4v) is 2.37. The number of benzene rings is 1. The summed E-state index contributed by atoms with van der Waals surface area (Å²) in [4.78, 5) is 0. The molecule has 2 aromatic rings. The van der Waals surface area contributed by atoms with Crippen LogP contribution in [0.5, 0.6) is 0 Å². The third-order valence-corrected chi connectivity index (χ3v) is 3.47. The van der Waals surface area contributed by atoms with Crippen molar-refractivity contribution in [1.82, 2.24) is 15.5 Å². The van der Waals surface area contributed by atoms with Crippen molar-refractivity contribution in [3.05, 3.63) is 39.8 Å². The molecule has 0 bridgehead atoms. The maximum Gasteiger partial charge on any atom is 0.142 e. The molecule has 0 saturated carbocycles. The van der Waals surface area contributed by atoms with E-state index in [9.17, 15) is 4.39 Å². The van der Waals surface area contributed by atoms with E-state index in [1.54, 1.807) is 6.20 Å². The standard InChI is InChI=1S/C14H16Cl2FN3/c1-8(2)5-18-6-9-7-19-20-14(9)10-3-13(17)12(16)4-11(10)15/h3-4,7-8,18H,5-6H2,1-2H3,(H,19,20). The Morgan fingerprint density at radius 1 is 1.30 bits per heavy atom. The van der Waals surface area contributed by atoms with Gasteiger partial charge in [0.25, 0.3) is 0 Å². The van der Waals surface area contributed by atoms with Crippen LogP contribution >= 0.6 is 23.2 Å². The second-order valence-corrected chi connectivity index (χ2v) is 5.86. The van der Waals surface area contributed by atoms with Gasteiger partial charge in [-0.1, -0.05) is 37.0 Å². The molecule has 0 fully saturated rings. The minimum atomic E-state index is -0.498. The van der Waals surface area contributed by atoms with Gasteiger partial charge >= 0.3 is 0 Å². The van der Waals surface area contributed by atoms with Crippen molar-refractivity contribution in [2.24, 2.45) is 5.92 Å². The summed E-state index contributed by atoms with van der Waals surface area (Å²) in [5, 5.41) is 10.6. The van der Waals surface area contributed by atoms with E-state index in [2.05, 4.69) is 29.4 Å². The molecule has 0 amide bonds. The lowest BCUT2D eigenvalue weighted by molar-refractivity contribution is 0.553. The fraction of sp³-hybridized carbons (Fsp3) is 0.357. The van der Waals surface area contributed by atoms with Gasteiger partial charge in [-0.05, 0) is 24.6 Å². The highest BCUT2D eigenvalue weighted by atomic mass is 35.5. The molecule has 1 aromatic heterocycles. The first kappa shape index (κ1) is 15.3. The SMILES string of the molecule is CC(C)CNCc1cn[nH]c1-c1cc(F)c(Cl)cc1Cl. The number of hydrogen-bond donors (Lipinski definition) is 2. The van der Waals surface area contributed by atoms with E-state index < -0.39 is 5.82 Å². The lowest BCUT2D eigenvalue weighted by Crippen LogP contribution is -2.19. The molecule has 0 atom stereocenters. The summed E-state index contributed by atoms with van der Waals surface area (Å²) in [6.45, 7) is 5.81. The number of aromatic amines is 1. The molecule has 0 aliphatic rings. The first-order valence-corrected chi connectivity index (χ1v) is 7.12. The molecule has 2 rings (SSSR count). The zero-order valence-corrected chi connectivity index (χ0v) is 12.8. The van der Waals surface area contributed by atoms with E-state index in [1.807, 2.05) is 0 Å². The molecule has 0 spiro atoms. The maximum absolute atomic E-state index is 13.6. The number of H-pyrrole nitrogens is 1. The smallest absolute Gasteiger partial charge is 0.142 e. The summed E-state index contributed by atoms with van der Waals surface area (Å²) in [5.41, 5.74) is 2.21. The van der Waals surface area contributed by atoms with Crippen LogP contribution in [-0.2, 0) is 6.54 Å². The highest BCUT2D eigenvalue weighted by molar-refractivity contribution is 6.36. The van der Waals surface area contributed by atoms with Gasteiger partial charge in [0.05, 0.1) is 21.9 Å². The van der Waals surface area contributed by atoms with Gasteiger partial charge in [-0.2, -0.15) is 5.10 Å². The molecule has 1 aromatic carbocycles. The molecule has 20 heavy (non-hydrogen) atoms. The quantitative estimate of drug-likeness (QED) is 0.809. The molecule has 0 unspecified atom stereocenters. The van der Waals surface area contributed by atoms with E-state index in [1.165, 1.54) is 12.1 Å². The second kappa shape index (κ2) is 6.57. The van der Waals surface area contributed by atoms with Crippen molar-refractivity contribution in [1.29, 1.82) is 0 Å². The average molecular weight is 316 g/mol. The van der Waals surface area contributed by atoms with Crippen LogP contribution in [-0.4, -0.2) is 16.7 Å². The van der Waals surface area contributed by atoms with Crippen LogP contribution in [0.1, 0.15) is 19.4 Å². The number of aromatic nitrogens is 2. The van der Waals surface area contributed by atoms with Crippen LogP contribution in [0.2, 0.25) is 10.0 Å². The summed E-state index contributed by atoms with van der Waals surface area (Å²) in [6, 6.07) is 2.73. The Balaban J connectivity index is 2.25. The fourth-order valence-electron chi connectivity index (χ4n) is 1.89. The first-order chi connectivity index (χ1) is 9.49. The van der Waals surface area contributed by atoms with Gasteiger partial charge in [0.1, 0.15) is 5.82 Å². The number of rotatable bonds is 5. The average Bonchev–Trinajstić information content (AvgIpc) is 2.81.